The zero-order valence-electron chi connectivity index (χ0n) is 17.8. The summed E-state index contributed by atoms with van der Waals surface area (Å²) in [5.41, 5.74) is 2.45. The predicted octanol–water partition coefficient (Wildman–Crippen LogP) is 3.27. The van der Waals surface area contributed by atoms with Crippen LogP contribution < -0.4 is 14.5 Å². The molecule has 0 spiro atoms. The molecule has 2 aliphatic rings. The molecule has 0 saturated carbocycles. The van der Waals surface area contributed by atoms with E-state index in [0.29, 0.717) is 42.8 Å². The first-order valence-electron chi connectivity index (χ1n) is 10.2. The number of benzene rings is 2. The summed E-state index contributed by atoms with van der Waals surface area (Å²) in [6, 6.07) is 11.2. The van der Waals surface area contributed by atoms with Crippen molar-refractivity contribution < 1.29 is 17.9 Å². The van der Waals surface area contributed by atoms with Crippen LogP contribution in [0.5, 0.6) is 5.75 Å². The van der Waals surface area contributed by atoms with Crippen LogP contribution in [-0.2, 0) is 21.2 Å². The molecule has 2 heterocycles. The van der Waals surface area contributed by atoms with Crippen molar-refractivity contribution in [1.29, 1.82) is 0 Å². The van der Waals surface area contributed by atoms with Crippen LogP contribution in [0.4, 0.5) is 11.4 Å². The number of hydrogen-bond acceptors (Lipinski definition) is 5. The molecular formula is C22H26BrN3O4S. The molecule has 7 nitrogen and oxygen atoms in total. The molecule has 9 heteroatoms. The van der Waals surface area contributed by atoms with Crippen molar-refractivity contribution in [3.05, 3.63) is 46.4 Å². The molecule has 0 radical (unpaired) electrons. The molecule has 1 fully saturated rings. The number of halogens is 1. The topological polar surface area (TPSA) is 70.2 Å². The SMILES string of the molecule is COc1ccc(N2CCN(S(=O)(=O)c3cc(Br)cc4c3N(C(C)=O)[C@@H](C)C4)CC2)cc1. The molecule has 2 aliphatic heterocycles. The van der Waals surface area contributed by atoms with E-state index < -0.39 is 10.0 Å². The highest BCUT2D eigenvalue weighted by molar-refractivity contribution is 9.10. The third-order valence-electron chi connectivity index (χ3n) is 5.95. The Balaban J connectivity index is 1.60. The summed E-state index contributed by atoms with van der Waals surface area (Å²) in [5, 5.41) is 0. The number of carbonyl (C=O) groups is 1. The first kappa shape index (κ1) is 22.1. The van der Waals surface area contributed by atoms with Gasteiger partial charge >= 0.3 is 0 Å². The van der Waals surface area contributed by atoms with Crippen molar-refractivity contribution in [1.82, 2.24) is 4.31 Å². The maximum absolute atomic E-state index is 13.6. The highest BCUT2D eigenvalue weighted by Gasteiger charge is 2.38. The van der Waals surface area contributed by atoms with Gasteiger partial charge < -0.3 is 14.5 Å². The van der Waals surface area contributed by atoms with Gasteiger partial charge in [0.25, 0.3) is 0 Å². The molecule has 4 rings (SSSR count). The lowest BCUT2D eigenvalue weighted by Crippen LogP contribution is -2.49. The molecule has 2 aromatic rings. The Morgan fingerprint density at radius 3 is 2.32 bits per heavy atom. The first-order chi connectivity index (χ1) is 14.7. The van der Waals surface area contributed by atoms with E-state index in [1.807, 2.05) is 37.3 Å². The number of nitrogens with zero attached hydrogens (tertiary/aromatic N) is 3. The van der Waals surface area contributed by atoms with E-state index >= 15 is 0 Å². The van der Waals surface area contributed by atoms with Gasteiger partial charge in [-0.1, -0.05) is 15.9 Å². The molecule has 1 saturated heterocycles. The number of rotatable bonds is 4. The van der Waals surface area contributed by atoms with Crippen LogP contribution in [0.3, 0.4) is 0 Å². The standard InChI is InChI=1S/C22H26BrN3O4S/c1-15-12-17-13-18(23)14-21(22(17)26(15)16(2)27)31(28,29)25-10-8-24(9-11-25)19-4-6-20(30-3)7-5-19/h4-7,13-15H,8-12H2,1-3H3/t15-/m0/s1. The largest absolute Gasteiger partial charge is 0.497 e. The molecule has 166 valence electrons. The van der Waals surface area contributed by atoms with Gasteiger partial charge in [0.1, 0.15) is 10.6 Å². The Morgan fingerprint density at radius 2 is 1.74 bits per heavy atom. The lowest BCUT2D eigenvalue weighted by atomic mass is 10.1. The van der Waals surface area contributed by atoms with Gasteiger partial charge in [0.2, 0.25) is 15.9 Å². The van der Waals surface area contributed by atoms with Crippen molar-refractivity contribution >= 4 is 43.2 Å². The Kier molecular flexibility index (Phi) is 6.02. The van der Waals surface area contributed by atoms with E-state index in [4.69, 9.17) is 4.74 Å². The van der Waals surface area contributed by atoms with E-state index in [1.54, 1.807) is 18.1 Å². The van der Waals surface area contributed by atoms with Gasteiger partial charge in [-0.3, -0.25) is 4.79 Å². The third kappa shape index (κ3) is 4.06. The minimum Gasteiger partial charge on any atom is -0.497 e. The van der Waals surface area contributed by atoms with Crippen LogP contribution in [0.25, 0.3) is 0 Å². The summed E-state index contributed by atoms with van der Waals surface area (Å²) < 4.78 is 34.7. The minimum atomic E-state index is -3.75. The number of methoxy groups -OCH3 is 1. The van der Waals surface area contributed by atoms with E-state index in [0.717, 1.165) is 17.0 Å². The summed E-state index contributed by atoms with van der Waals surface area (Å²) in [5.74, 6) is 0.645. The van der Waals surface area contributed by atoms with Crippen molar-refractivity contribution in [3.63, 3.8) is 0 Å². The number of amides is 1. The van der Waals surface area contributed by atoms with Gasteiger partial charge in [0, 0.05) is 49.3 Å². The lowest BCUT2D eigenvalue weighted by Gasteiger charge is -2.36. The number of ether oxygens (including phenoxy) is 1. The average molecular weight is 508 g/mol. The van der Waals surface area contributed by atoms with Gasteiger partial charge in [0.15, 0.2) is 0 Å². The quantitative estimate of drug-likeness (QED) is 0.634. The molecular weight excluding hydrogens is 482 g/mol. The third-order valence-corrected chi connectivity index (χ3v) is 8.32. The van der Waals surface area contributed by atoms with E-state index in [1.165, 1.54) is 11.2 Å². The van der Waals surface area contributed by atoms with Crippen molar-refractivity contribution in [2.24, 2.45) is 0 Å². The molecule has 0 bridgehead atoms. The highest BCUT2D eigenvalue weighted by Crippen LogP contribution is 2.41. The van der Waals surface area contributed by atoms with Crippen molar-refractivity contribution in [2.75, 3.05) is 43.1 Å². The smallest absolute Gasteiger partial charge is 0.245 e. The number of piperazine rings is 1. The zero-order valence-corrected chi connectivity index (χ0v) is 20.2. The number of anilines is 2. The number of fused-ring (bicyclic) bond motifs is 1. The molecule has 2 aromatic carbocycles. The summed E-state index contributed by atoms with van der Waals surface area (Å²) in [6.07, 6.45) is 0.641. The summed E-state index contributed by atoms with van der Waals surface area (Å²) in [4.78, 5) is 16.3. The first-order valence-corrected chi connectivity index (χ1v) is 12.5. The second-order valence-electron chi connectivity index (χ2n) is 7.94. The van der Waals surface area contributed by atoms with Gasteiger partial charge in [-0.25, -0.2) is 8.42 Å². The van der Waals surface area contributed by atoms with Crippen LogP contribution in [0.2, 0.25) is 0 Å². The normalized spacial score (nSPS) is 19.4. The predicted molar refractivity (Wildman–Crippen MR) is 124 cm³/mol. The van der Waals surface area contributed by atoms with Crippen LogP contribution >= 0.6 is 15.9 Å². The number of hydrogen-bond donors (Lipinski definition) is 0. The number of carbonyl (C=O) groups excluding carboxylic acids is 1. The fraction of sp³-hybridized carbons (Fsp3) is 0.409. The summed E-state index contributed by atoms with van der Waals surface area (Å²) >= 11 is 3.46. The second-order valence-corrected chi connectivity index (χ2v) is 10.8. The van der Waals surface area contributed by atoms with E-state index in [-0.39, 0.29) is 16.8 Å². The zero-order chi connectivity index (χ0) is 22.3. The van der Waals surface area contributed by atoms with Crippen LogP contribution in [0, 0.1) is 0 Å². The fourth-order valence-electron chi connectivity index (χ4n) is 4.47. The molecule has 1 amide bonds. The monoisotopic (exact) mass is 507 g/mol. The van der Waals surface area contributed by atoms with E-state index in [2.05, 4.69) is 20.8 Å². The van der Waals surface area contributed by atoms with Crippen LogP contribution in [0.1, 0.15) is 19.4 Å². The Morgan fingerprint density at radius 1 is 1.10 bits per heavy atom. The molecule has 0 unspecified atom stereocenters. The van der Waals surface area contributed by atoms with E-state index in [9.17, 15) is 13.2 Å². The molecule has 0 N–H and O–H groups in total. The highest BCUT2D eigenvalue weighted by atomic mass is 79.9. The molecule has 31 heavy (non-hydrogen) atoms. The minimum absolute atomic E-state index is 0.0670. The Bertz CT molecular complexity index is 1100. The maximum atomic E-state index is 13.6. The van der Waals surface area contributed by atoms with Crippen LogP contribution in [0.15, 0.2) is 45.8 Å². The average Bonchev–Trinajstić information content (AvgIpc) is 3.08. The van der Waals surface area contributed by atoms with Crippen molar-refractivity contribution in [3.8, 4) is 5.75 Å². The van der Waals surface area contributed by atoms with Gasteiger partial charge in [-0.2, -0.15) is 4.31 Å². The Hall–Kier alpha value is -2.10. The van der Waals surface area contributed by atoms with Crippen LogP contribution in [-0.4, -0.2) is 58.0 Å². The maximum Gasteiger partial charge on any atom is 0.245 e. The van der Waals surface area contributed by atoms with Gasteiger partial charge in [-0.05, 0) is 55.3 Å². The lowest BCUT2D eigenvalue weighted by molar-refractivity contribution is -0.116. The second kappa shape index (κ2) is 8.44. The van der Waals surface area contributed by atoms with Crippen molar-refractivity contribution in [2.45, 2.75) is 31.2 Å². The molecule has 1 atom stereocenters. The molecule has 0 aromatic heterocycles. The molecule has 0 aliphatic carbocycles. The Labute approximate surface area is 191 Å². The van der Waals surface area contributed by atoms with Gasteiger partial charge in [-0.15, -0.1) is 0 Å². The van der Waals surface area contributed by atoms with Gasteiger partial charge in [0.05, 0.1) is 12.8 Å². The summed E-state index contributed by atoms with van der Waals surface area (Å²) in [6.45, 7) is 5.37. The number of sulfonamides is 1. The fourth-order valence-corrected chi connectivity index (χ4v) is 6.80. The summed E-state index contributed by atoms with van der Waals surface area (Å²) in [7, 11) is -2.12.